The van der Waals surface area contributed by atoms with Crippen LogP contribution in [0.3, 0.4) is 0 Å². The second-order valence-corrected chi connectivity index (χ2v) is 4.27. The van der Waals surface area contributed by atoms with Gasteiger partial charge in [-0.1, -0.05) is 19.1 Å². The maximum absolute atomic E-state index is 5.57. The molecule has 0 atom stereocenters. The standard InChI is InChI=1S/C14H24N2O/c1-3-9-16(10-5-8-15)12-13-6-4-7-14(11-13)17-2/h4,6-7,11H,3,5,8-10,12,15H2,1-2H3. The number of rotatable bonds is 8. The molecule has 1 aromatic carbocycles. The second-order valence-electron chi connectivity index (χ2n) is 4.27. The molecule has 96 valence electrons. The number of nitrogens with two attached hydrogens (primary N) is 1. The molecule has 0 bridgehead atoms. The van der Waals surface area contributed by atoms with Crippen molar-refractivity contribution in [2.24, 2.45) is 5.73 Å². The van der Waals surface area contributed by atoms with E-state index in [0.717, 1.165) is 38.3 Å². The van der Waals surface area contributed by atoms with Gasteiger partial charge in [0.1, 0.15) is 5.75 Å². The molecule has 0 aliphatic carbocycles. The number of methoxy groups -OCH3 is 1. The molecule has 0 radical (unpaired) electrons. The van der Waals surface area contributed by atoms with Gasteiger partial charge in [-0.15, -0.1) is 0 Å². The second kappa shape index (κ2) is 8.09. The van der Waals surface area contributed by atoms with E-state index in [2.05, 4.69) is 24.0 Å². The van der Waals surface area contributed by atoms with Crippen LogP contribution in [-0.4, -0.2) is 31.6 Å². The molecular weight excluding hydrogens is 212 g/mol. The molecule has 1 aromatic rings. The van der Waals surface area contributed by atoms with E-state index in [0.29, 0.717) is 0 Å². The Bertz CT molecular complexity index is 315. The molecule has 3 heteroatoms. The van der Waals surface area contributed by atoms with Gasteiger partial charge in [-0.25, -0.2) is 0 Å². The lowest BCUT2D eigenvalue weighted by Crippen LogP contribution is -2.26. The van der Waals surface area contributed by atoms with Crippen LogP contribution in [0, 0.1) is 0 Å². The summed E-state index contributed by atoms with van der Waals surface area (Å²) in [6.45, 7) is 6.14. The summed E-state index contributed by atoms with van der Waals surface area (Å²) in [7, 11) is 1.71. The van der Waals surface area contributed by atoms with E-state index >= 15 is 0 Å². The van der Waals surface area contributed by atoms with Crippen molar-refractivity contribution in [3.63, 3.8) is 0 Å². The van der Waals surface area contributed by atoms with E-state index in [4.69, 9.17) is 10.5 Å². The van der Waals surface area contributed by atoms with E-state index in [1.165, 1.54) is 12.0 Å². The van der Waals surface area contributed by atoms with Gasteiger partial charge >= 0.3 is 0 Å². The normalized spacial score (nSPS) is 10.8. The first kappa shape index (κ1) is 14.0. The molecule has 0 aromatic heterocycles. The zero-order valence-electron chi connectivity index (χ0n) is 11.0. The Morgan fingerprint density at radius 2 is 2.12 bits per heavy atom. The van der Waals surface area contributed by atoms with E-state index < -0.39 is 0 Å². The van der Waals surface area contributed by atoms with Gasteiger partial charge < -0.3 is 10.5 Å². The van der Waals surface area contributed by atoms with Gasteiger partial charge in [0.05, 0.1) is 7.11 Å². The minimum absolute atomic E-state index is 0.762. The highest BCUT2D eigenvalue weighted by molar-refractivity contribution is 5.28. The summed E-state index contributed by atoms with van der Waals surface area (Å²) < 4.78 is 5.24. The topological polar surface area (TPSA) is 38.5 Å². The molecule has 0 spiro atoms. The van der Waals surface area contributed by atoms with Crippen molar-refractivity contribution in [3.8, 4) is 5.75 Å². The van der Waals surface area contributed by atoms with Crippen LogP contribution in [0.1, 0.15) is 25.3 Å². The van der Waals surface area contributed by atoms with Crippen LogP contribution in [-0.2, 0) is 6.54 Å². The van der Waals surface area contributed by atoms with E-state index in [1.807, 2.05) is 12.1 Å². The van der Waals surface area contributed by atoms with Gasteiger partial charge in [0, 0.05) is 6.54 Å². The van der Waals surface area contributed by atoms with Crippen LogP contribution in [0.5, 0.6) is 5.75 Å². The Labute approximate surface area is 105 Å². The first-order valence-electron chi connectivity index (χ1n) is 6.35. The highest BCUT2D eigenvalue weighted by Crippen LogP contribution is 2.14. The van der Waals surface area contributed by atoms with Crippen LogP contribution >= 0.6 is 0 Å². The van der Waals surface area contributed by atoms with Gasteiger partial charge in [-0.05, 0) is 50.2 Å². The van der Waals surface area contributed by atoms with Gasteiger partial charge in [-0.2, -0.15) is 0 Å². The van der Waals surface area contributed by atoms with E-state index in [1.54, 1.807) is 7.11 Å². The molecule has 0 saturated heterocycles. The molecule has 0 heterocycles. The molecule has 17 heavy (non-hydrogen) atoms. The summed E-state index contributed by atoms with van der Waals surface area (Å²) in [4.78, 5) is 2.45. The Balaban J connectivity index is 2.57. The smallest absolute Gasteiger partial charge is 0.119 e. The van der Waals surface area contributed by atoms with Crippen molar-refractivity contribution in [2.45, 2.75) is 26.3 Å². The summed E-state index contributed by atoms with van der Waals surface area (Å²) >= 11 is 0. The van der Waals surface area contributed by atoms with Crippen molar-refractivity contribution in [1.29, 1.82) is 0 Å². The maximum atomic E-state index is 5.57. The van der Waals surface area contributed by atoms with Crippen LogP contribution in [0.25, 0.3) is 0 Å². The highest BCUT2D eigenvalue weighted by Gasteiger charge is 2.05. The fourth-order valence-electron chi connectivity index (χ4n) is 1.93. The molecule has 0 aliphatic heterocycles. The minimum atomic E-state index is 0.762. The number of hydrogen-bond acceptors (Lipinski definition) is 3. The number of benzene rings is 1. The molecule has 3 nitrogen and oxygen atoms in total. The fourth-order valence-corrected chi connectivity index (χ4v) is 1.93. The monoisotopic (exact) mass is 236 g/mol. The van der Waals surface area contributed by atoms with Crippen LogP contribution in [0.4, 0.5) is 0 Å². The van der Waals surface area contributed by atoms with Gasteiger partial charge in [0.25, 0.3) is 0 Å². The molecule has 2 N–H and O–H groups in total. The maximum Gasteiger partial charge on any atom is 0.119 e. The Hall–Kier alpha value is -1.06. The van der Waals surface area contributed by atoms with Crippen LogP contribution in [0.15, 0.2) is 24.3 Å². The zero-order chi connectivity index (χ0) is 12.5. The van der Waals surface area contributed by atoms with Crippen molar-refractivity contribution in [1.82, 2.24) is 4.90 Å². The van der Waals surface area contributed by atoms with Gasteiger partial charge in [0.2, 0.25) is 0 Å². The summed E-state index contributed by atoms with van der Waals surface area (Å²) in [5.74, 6) is 0.928. The van der Waals surface area contributed by atoms with Gasteiger partial charge in [-0.3, -0.25) is 4.90 Å². The number of ether oxygens (including phenoxy) is 1. The summed E-state index contributed by atoms with van der Waals surface area (Å²) in [6, 6.07) is 8.27. The first-order valence-corrected chi connectivity index (χ1v) is 6.35. The predicted octanol–water partition coefficient (Wildman–Crippen LogP) is 2.26. The van der Waals surface area contributed by atoms with Crippen LogP contribution in [0.2, 0.25) is 0 Å². The lowest BCUT2D eigenvalue weighted by Gasteiger charge is -2.21. The Kier molecular flexibility index (Phi) is 6.67. The van der Waals surface area contributed by atoms with Crippen LogP contribution < -0.4 is 10.5 Å². The molecule has 0 unspecified atom stereocenters. The molecule has 0 aliphatic rings. The first-order chi connectivity index (χ1) is 8.30. The Morgan fingerprint density at radius 3 is 2.76 bits per heavy atom. The lowest BCUT2D eigenvalue weighted by atomic mass is 10.2. The van der Waals surface area contributed by atoms with Crippen molar-refractivity contribution in [2.75, 3.05) is 26.7 Å². The fraction of sp³-hybridized carbons (Fsp3) is 0.571. The predicted molar refractivity (Wildman–Crippen MR) is 72.2 cm³/mol. The molecule has 1 rings (SSSR count). The largest absolute Gasteiger partial charge is 0.497 e. The highest BCUT2D eigenvalue weighted by atomic mass is 16.5. The van der Waals surface area contributed by atoms with E-state index in [9.17, 15) is 0 Å². The SMILES string of the molecule is CCCN(CCCN)Cc1cccc(OC)c1. The summed E-state index contributed by atoms with van der Waals surface area (Å²) in [5, 5.41) is 0. The third-order valence-corrected chi connectivity index (χ3v) is 2.76. The quantitative estimate of drug-likeness (QED) is 0.752. The average molecular weight is 236 g/mol. The van der Waals surface area contributed by atoms with E-state index in [-0.39, 0.29) is 0 Å². The molecule has 0 amide bonds. The average Bonchev–Trinajstić information content (AvgIpc) is 2.36. The van der Waals surface area contributed by atoms with Gasteiger partial charge in [0.15, 0.2) is 0 Å². The van der Waals surface area contributed by atoms with Crippen molar-refractivity contribution < 1.29 is 4.74 Å². The third kappa shape index (κ3) is 5.20. The van der Waals surface area contributed by atoms with Crippen molar-refractivity contribution >= 4 is 0 Å². The lowest BCUT2D eigenvalue weighted by molar-refractivity contribution is 0.264. The minimum Gasteiger partial charge on any atom is -0.497 e. The molecule has 0 fully saturated rings. The number of hydrogen-bond donors (Lipinski definition) is 1. The zero-order valence-corrected chi connectivity index (χ0v) is 11.0. The summed E-state index contributed by atoms with van der Waals surface area (Å²) in [5.41, 5.74) is 6.87. The summed E-state index contributed by atoms with van der Waals surface area (Å²) in [6.07, 6.45) is 2.23. The third-order valence-electron chi connectivity index (χ3n) is 2.76. The Morgan fingerprint density at radius 1 is 1.29 bits per heavy atom. The van der Waals surface area contributed by atoms with Crippen molar-refractivity contribution in [3.05, 3.63) is 29.8 Å². The molecule has 0 saturated carbocycles. The number of nitrogens with zero attached hydrogens (tertiary/aromatic N) is 1. The molecular formula is C14H24N2O.